The zero-order valence-electron chi connectivity index (χ0n) is 20.4. The molecule has 0 bridgehead atoms. The van der Waals surface area contributed by atoms with Gasteiger partial charge in [0.2, 0.25) is 11.8 Å². The predicted molar refractivity (Wildman–Crippen MR) is 136 cm³/mol. The third kappa shape index (κ3) is 6.82. The van der Waals surface area contributed by atoms with Gasteiger partial charge in [0.25, 0.3) is 0 Å². The van der Waals surface area contributed by atoms with E-state index in [1.54, 1.807) is 12.3 Å². The minimum absolute atomic E-state index is 0.0455. The molecule has 1 aromatic carbocycles. The van der Waals surface area contributed by atoms with Crippen molar-refractivity contribution in [2.45, 2.75) is 64.0 Å². The van der Waals surface area contributed by atoms with Gasteiger partial charge in [-0.3, -0.25) is 9.59 Å². The molecule has 2 aliphatic rings. The van der Waals surface area contributed by atoms with Crippen molar-refractivity contribution in [1.29, 1.82) is 0 Å². The fourth-order valence-corrected chi connectivity index (χ4v) is 6.05. The molecular weight excluding hydrogens is 440 g/mol. The molecule has 2 saturated carbocycles. The fraction of sp³-hybridized carbons (Fsp3) is 0.536. The van der Waals surface area contributed by atoms with Crippen LogP contribution >= 0.6 is 0 Å². The van der Waals surface area contributed by atoms with Gasteiger partial charge in [-0.25, -0.2) is 4.98 Å². The van der Waals surface area contributed by atoms with Crippen molar-refractivity contribution in [2.75, 3.05) is 12.3 Å². The monoisotopic (exact) mass is 478 g/mol. The topological polar surface area (TPSA) is 117 Å². The van der Waals surface area contributed by atoms with E-state index in [1.165, 1.54) is 25.7 Å². The van der Waals surface area contributed by atoms with E-state index < -0.39 is 12.0 Å². The number of hydrogen-bond donors (Lipinski definition) is 4. The Morgan fingerprint density at radius 3 is 2.49 bits per heavy atom. The molecule has 1 aromatic heterocycles. The lowest BCUT2D eigenvalue weighted by atomic mass is 9.62. The van der Waals surface area contributed by atoms with Crippen LogP contribution in [0.5, 0.6) is 0 Å². The van der Waals surface area contributed by atoms with Crippen LogP contribution in [-0.4, -0.2) is 34.6 Å². The second kappa shape index (κ2) is 12.2. The molecule has 188 valence electrons. The SMILES string of the molecule is Nc1ccc(CNC(=O)[C@@H](CNC(=O)[C@H](O)Cc2ccccc2)C2CCCC3CCCCC32)cn1. The summed E-state index contributed by atoms with van der Waals surface area (Å²) in [6.07, 6.45) is 9.05. The van der Waals surface area contributed by atoms with Crippen LogP contribution in [0, 0.1) is 23.7 Å². The number of aliphatic hydroxyl groups is 1. The van der Waals surface area contributed by atoms with E-state index in [2.05, 4.69) is 15.6 Å². The van der Waals surface area contributed by atoms with E-state index in [0.717, 1.165) is 30.4 Å². The number of nitrogens with zero attached hydrogens (tertiary/aromatic N) is 1. The number of anilines is 1. The van der Waals surface area contributed by atoms with Gasteiger partial charge in [0.1, 0.15) is 11.9 Å². The molecule has 0 saturated heterocycles. The first-order valence-corrected chi connectivity index (χ1v) is 13.0. The molecule has 5 N–H and O–H groups in total. The van der Waals surface area contributed by atoms with Crippen LogP contribution in [0.15, 0.2) is 48.7 Å². The first-order valence-electron chi connectivity index (χ1n) is 13.0. The second-order valence-electron chi connectivity index (χ2n) is 10.2. The van der Waals surface area contributed by atoms with Gasteiger partial charge < -0.3 is 21.5 Å². The van der Waals surface area contributed by atoms with Crippen molar-refractivity contribution in [3.8, 4) is 0 Å². The predicted octanol–water partition coefficient (Wildman–Crippen LogP) is 3.22. The zero-order valence-corrected chi connectivity index (χ0v) is 20.4. The Morgan fingerprint density at radius 2 is 1.71 bits per heavy atom. The molecule has 5 atom stereocenters. The molecule has 2 aromatic rings. The number of amides is 2. The van der Waals surface area contributed by atoms with Crippen LogP contribution in [0.2, 0.25) is 0 Å². The Morgan fingerprint density at radius 1 is 0.943 bits per heavy atom. The number of fused-ring (bicyclic) bond motifs is 1. The summed E-state index contributed by atoms with van der Waals surface area (Å²) in [5.74, 6) is 1.10. The van der Waals surface area contributed by atoms with E-state index in [-0.39, 0.29) is 30.7 Å². The molecule has 2 aliphatic carbocycles. The lowest BCUT2D eigenvalue weighted by Gasteiger charge is -2.44. The summed E-state index contributed by atoms with van der Waals surface area (Å²) < 4.78 is 0. The Bertz CT molecular complexity index is 964. The average Bonchev–Trinajstić information content (AvgIpc) is 2.89. The van der Waals surface area contributed by atoms with Crippen molar-refractivity contribution in [3.05, 3.63) is 59.8 Å². The highest BCUT2D eigenvalue weighted by molar-refractivity contribution is 5.83. The number of nitrogen functional groups attached to an aromatic ring is 1. The third-order valence-corrected chi connectivity index (χ3v) is 7.87. The van der Waals surface area contributed by atoms with Crippen molar-refractivity contribution >= 4 is 17.6 Å². The largest absolute Gasteiger partial charge is 0.384 e. The van der Waals surface area contributed by atoms with E-state index in [0.29, 0.717) is 24.2 Å². The van der Waals surface area contributed by atoms with Crippen LogP contribution in [0.1, 0.15) is 56.1 Å². The van der Waals surface area contributed by atoms with Crippen molar-refractivity contribution < 1.29 is 14.7 Å². The molecule has 7 nitrogen and oxygen atoms in total. The number of rotatable bonds is 9. The number of benzene rings is 1. The quantitative estimate of drug-likeness (QED) is 0.441. The number of hydrogen-bond acceptors (Lipinski definition) is 5. The number of carbonyl (C=O) groups excluding carboxylic acids is 2. The van der Waals surface area contributed by atoms with Crippen LogP contribution in [-0.2, 0) is 22.6 Å². The molecule has 7 heteroatoms. The van der Waals surface area contributed by atoms with Crippen LogP contribution in [0.4, 0.5) is 5.82 Å². The van der Waals surface area contributed by atoms with Gasteiger partial charge in [-0.05, 0) is 47.8 Å². The van der Waals surface area contributed by atoms with Crippen LogP contribution in [0.25, 0.3) is 0 Å². The van der Waals surface area contributed by atoms with Crippen LogP contribution in [0.3, 0.4) is 0 Å². The zero-order chi connectivity index (χ0) is 24.6. The second-order valence-corrected chi connectivity index (χ2v) is 10.2. The molecule has 0 aliphatic heterocycles. The number of pyridine rings is 1. The smallest absolute Gasteiger partial charge is 0.249 e. The standard InChI is InChI=1S/C28H38N4O3/c29-26-14-13-20(16-30-26)17-31-27(34)24(23-12-6-10-21-9-4-5-11-22(21)23)18-32-28(35)25(33)15-19-7-2-1-3-8-19/h1-3,7-8,13-14,16,21-25,33H,4-6,9-12,15,17-18H2,(H2,29,30)(H,31,34)(H,32,35)/t21?,22?,23?,24-,25+/m0/s1. The maximum Gasteiger partial charge on any atom is 0.249 e. The first-order chi connectivity index (χ1) is 17.0. The van der Waals surface area contributed by atoms with Gasteiger partial charge in [-0.15, -0.1) is 0 Å². The third-order valence-electron chi connectivity index (χ3n) is 7.87. The van der Waals surface area contributed by atoms with Crippen molar-refractivity contribution in [1.82, 2.24) is 15.6 Å². The molecule has 0 radical (unpaired) electrons. The van der Waals surface area contributed by atoms with Gasteiger partial charge in [-0.2, -0.15) is 0 Å². The molecule has 3 unspecified atom stereocenters. The molecule has 4 rings (SSSR count). The van der Waals surface area contributed by atoms with E-state index in [9.17, 15) is 14.7 Å². The minimum atomic E-state index is -1.14. The molecule has 1 heterocycles. The number of carbonyl (C=O) groups is 2. The normalized spacial score (nSPS) is 23.5. The summed E-state index contributed by atoms with van der Waals surface area (Å²) in [5.41, 5.74) is 7.46. The number of aliphatic hydroxyl groups excluding tert-OH is 1. The average molecular weight is 479 g/mol. The summed E-state index contributed by atoms with van der Waals surface area (Å²) in [7, 11) is 0. The van der Waals surface area contributed by atoms with Gasteiger partial charge in [-0.1, -0.05) is 68.5 Å². The lowest BCUT2D eigenvalue weighted by Crippen LogP contribution is -2.48. The summed E-state index contributed by atoms with van der Waals surface area (Å²) in [6.45, 7) is 0.610. The maximum absolute atomic E-state index is 13.5. The fourth-order valence-electron chi connectivity index (χ4n) is 6.05. The molecule has 0 spiro atoms. The van der Waals surface area contributed by atoms with E-state index in [4.69, 9.17) is 5.73 Å². The Balaban J connectivity index is 1.42. The van der Waals surface area contributed by atoms with Gasteiger partial charge in [0.05, 0.1) is 5.92 Å². The first kappa shape index (κ1) is 25.2. The molecule has 35 heavy (non-hydrogen) atoms. The van der Waals surface area contributed by atoms with Gasteiger partial charge >= 0.3 is 0 Å². The van der Waals surface area contributed by atoms with Gasteiger partial charge in [0.15, 0.2) is 0 Å². The van der Waals surface area contributed by atoms with Crippen LogP contribution < -0.4 is 16.4 Å². The summed E-state index contributed by atoms with van der Waals surface area (Å²) in [6, 6.07) is 13.1. The Labute approximate surface area is 207 Å². The molecule has 2 fully saturated rings. The minimum Gasteiger partial charge on any atom is -0.384 e. The Kier molecular flexibility index (Phi) is 8.74. The van der Waals surface area contributed by atoms with E-state index in [1.807, 2.05) is 36.4 Å². The lowest BCUT2D eigenvalue weighted by molar-refractivity contribution is -0.132. The van der Waals surface area contributed by atoms with Crippen molar-refractivity contribution in [2.24, 2.45) is 23.7 Å². The highest BCUT2D eigenvalue weighted by atomic mass is 16.3. The Hall–Kier alpha value is -2.93. The summed E-state index contributed by atoms with van der Waals surface area (Å²) in [5, 5.41) is 16.4. The van der Waals surface area contributed by atoms with Gasteiger partial charge in [0, 0.05) is 25.7 Å². The summed E-state index contributed by atoms with van der Waals surface area (Å²) >= 11 is 0. The number of nitrogens with two attached hydrogens (primary N) is 1. The highest BCUT2D eigenvalue weighted by Crippen LogP contribution is 2.46. The van der Waals surface area contributed by atoms with Crippen molar-refractivity contribution in [3.63, 3.8) is 0 Å². The van der Waals surface area contributed by atoms with E-state index >= 15 is 0 Å². The highest BCUT2D eigenvalue weighted by Gasteiger charge is 2.41. The number of aromatic nitrogens is 1. The summed E-state index contributed by atoms with van der Waals surface area (Å²) in [4.78, 5) is 30.3. The molecule has 2 amide bonds. The molecular formula is C28H38N4O3. The maximum atomic E-state index is 13.5. The number of nitrogens with one attached hydrogen (secondary N) is 2.